The molecule has 21 heavy (non-hydrogen) atoms. The maximum Gasteiger partial charge on any atom is 0.0670 e. The molecule has 2 aliphatic heterocycles. The van der Waals surface area contributed by atoms with E-state index in [0.29, 0.717) is 6.04 Å². The van der Waals surface area contributed by atoms with Crippen LogP contribution >= 0.6 is 0 Å². The van der Waals surface area contributed by atoms with Crippen LogP contribution in [0.1, 0.15) is 53.4 Å². The Morgan fingerprint density at radius 2 is 2.00 bits per heavy atom. The van der Waals surface area contributed by atoms with E-state index in [1.165, 1.54) is 19.5 Å². The highest BCUT2D eigenvalue weighted by molar-refractivity contribution is 5.03. The van der Waals surface area contributed by atoms with Gasteiger partial charge in [-0.2, -0.15) is 0 Å². The third-order valence-corrected chi connectivity index (χ3v) is 6.01. The van der Waals surface area contributed by atoms with Crippen molar-refractivity contribution in [3.8, 4) is 0 Å². The van der Waals surface area contributed by atoms with Crippen LogP contribution in [0.3, 0.4) is 0 Å². The van der Waals surface area contributed by atoms with Crippen molar-refractivity contribution in [1.82, 2.24) is 9.80 Å². The topological polar surface area (TPSA) is 41.7 Å². The highest BCUT2D eigenvalue weighted by atomic mass is 16.5. The number of nitrogens with two attached hydrogens (primary N) is 1. The highest BCUT2D eigenvalue weighted by Crippen LogP contribution is 2.39. The lowest BCUT2D eigenvalue weighted by Crippen LogP contribution is -2.60. The summed E-state index contributed by atoms with van der Waals surface area (Å²) < 4.78 is 6.06. The molecule has 124 valence electrons. The van der Waals surface area contributed by atoms with E-state index in [1.54, 1.807) is 0 Å². The van der Waals surface area contributed by atoms with Crippen LogP contribution in [-0.2, 0) is 4.74 Å². The van der Waals surface area contributed by atoms with Gasteiger partial charge in [-0.05, 0) is 45.7 Å². The van der Waals surface area contributed by atoms with E-state index in [4.69, 9.17) is 10.5 Å². The van der Waals surface area contributed by atoms with Crippen LogP contribution in [0.2, 0.25) is 0 Å². The van der Waals surface area contributed by atoms with E-state index >= 15 is 0 Å². The van der Waals surface area contributed by atoms with E-state index in [0.717, 1.165) is 45.5 Å². The Hall–Kier alpha value is -0.160. The summed E-state index contributed by atoms with van der Waals surface area (Å²) in [7, 11) is 0. The van der Waals surface area contributed by atoms with Crippen molar-refractivity contribution in [2.75, 3.05) is 39.3 Å². The number of likely N-dealkylation sites (N-methyl/N-ethyl adjacent to an activating group) is 1. The average Bonchev–Trinajstić information content (AvgIpc) is 2.99. The van der Waals surface area contributed by atoms with Gasteiger partial charge in [0.05, 0.1) is 5.60 Å². The number of hydrogen-bond acceptors (Lipinski definition) is 4. The summed E-state index contributed by atoms with van der Waals surface area (Å²) in [5.74, 6) is 0. The Morgan fingerprint density at radius 1 is 1.29 bits per heavy atom. The van der Waals surface area contributed by atoms with Gasteiger partial charge in [0.1, 0.15) is 0 Å². The van der Waals surface area contributed by atoms with Crippen LogP contribution < -0.4 is 5.73 Å². The second-order valence-electron chi connectivity index (χ2n) is 7.12. The average molecular weight is 297 g/mol. The number of ether oxygens (including phenoxy) is 1. The van der Waals surface area contributed by atoms with Gasteiger partial charge < -0.3 is 10.5 Å². The molecule has 0 aromatic carbocycles. The zero-order valence-corrected chi connectivity index (χ0v) is 14.5. The molecule has 0 radical (unpaired) electrons. The molecule has 4 nitrogen and oxygen atoms in total. The van der Waals surface area contributed by atoms with Gasteiger partial charge in [0, 0.05) is 37.8 Å². The molecule has 0 aromatic heterocycles. The minimum absolute atomic E-state index is 0.00487. The third-order valence-electron chi connectivity index (χ3n) is 6.01. The fraction of sp³-hybridized carbons (Fsp3) is 1.00. The fourth-order valence-electron chi connectivity index (χ4n) is 4.33. The lowest BCUT2D eigenvalue weighted by molar-refractivity contribution is -0.126. The summed E-state index contributed by atoms with van der Waals surface area (Å²) in [5.41, 5.74) is 6.43. The van der Waals surface area contributed by atoms with Crippen LogP contribution in [-0.4, -0.2) is 66.3 Å². The number of likely N-dealkylation sites (tertiary alicyclic amines) is 1. The first-order valence-corrected chi connectivity index (χ1v) is 8.85. The smallest absolute Gasteiger partial charge is 0.0670 e. The summed E-state index contributed by atoms with van der Waals surface area (Å²) in [5, 5.41) is 0. The normalized spacial score (nSPS) is 38.3. The fourth-order valence-corrected chi connectivity index (χ4v) is 4.33. The SMILES string of the molecule is CCN(CC)C1CCN(C2(CN)CCOC(C)(CC)C2)C1. The van der Waals surface area contributed by atoms with Gasteiger partial charge >= 0.3 is 0 Å². The van der Waals surface area contributed by atoms with Crippen molar-refractivity contribution >= 4 is 0 Å². The quantitative estimate of drug-likeness (QED) is 0.815. The summed E-state index contributed by atoms with van der Waals surface area (Å²) >= 11 is 0. The van der Waals surface area contributed by atoms with E-state index in [-0.39, 0.29) is 11.1 Å². The minimum Gasteiger partial charge on any atom is -0.375 e. The zero-order valence-electron chi connectivity index (χ0n) is 14.5. The largest absolute Gasteiger partial charge is 0.375 e. The van der Waals surface area contributed by atoms with Crippen molar-refractivity contribution in [2.45, 2.75) is 70.6 Å². The molecule has 0 aromatic rings. The Labute approximate surface area is 131 Å². The zero-order chi connectivity index (χ0) is 15.5. The van der Waals surface area contributed by atoms with Crippen molar-refractivity contribution < 1.29 is 4.74 Å². The predicted octanol–water partition coefficient (Wildman–Crippen LogP) is 2.08. The Bertz CT molecular complexity index is 334. The van der Waals surface area contributed by atoms with Crippen LogP contribution in [0.5, 0.6) is 0 Å². The van der Waals surface area contributed by atoms with Gasteiger partial charge in [0.2, 0.25) is 0 Å². The molecular formula is C17H35N3O. The van der Waals surface area contributed by atoms with Crippen LogP contribution in [0, 0.1) is 0 Å². The summed E-state index contributed by atoms with van der Waals surface area (Å²) in [6, 6.07) is 0.708. The van der Waals surface area contributed by atoms with Gasteiger partial charge in [0.25, 0.3) is 0 Å². The molecule has 0 amide bonds. The maximum atomic E-state index is 6.27. The summed E-state index contributed by atoms with van der Waals surface area (Å²) in [6.45, 7) is 15.3. The lowest BCUT2D eigenvalue weighted by Gasteiger charge is -2.50. The van der Waals surface area contributed by atoms with Gasteiger partial charge in [0.15, 0.2) is 0 Å². The maximum absolute atomic E-state index is 6.27. The molecule has 2 N–H and O–H groups in total. The Balaban J connectivity index is 2.08. The molecule has 0 aliphatic carbocycles. The summed E-state index contributed by atoms with van der Waals surface area (Å²) in [4.78, 5) is 5.29. The van der Waals surface area contributed by atoms with Gasteiger partial charge in [-0.25, -0.2) is 0 Å². The van der Waals surface area contributed by atoms with Crippen LogP contribution in [0.4, 0.5) is 0 Å². The molecule has 3 atom stereocenters. The Morgan fingerprint density at radius 3 is 2.57 bits per heavy atom. The molecule has 2 rings (SSSR count). The van der Waals surface area contributed by atoms with Crippen molar-refractivity contribution in [3.63, 3.8) is 0 Å². The molecule has 2 aliphatic rings. The second kappa shape index (κ2) is 6.95. The second-order valence-corrected chi connectivity index (χ2v) is 7.12. The molecule has 0 saturated carbocycles. The Kier molecular flexibility index (Phi) is 5.69. The van der Waals surface area contributed by atoms with E-state index in [1.807, 2.05) is 0 Å². The summed E-state index contributed by atoms with van der Waals surface area (Å²) in [6.07, 6.45) is 4.53. The standard InChI is InChI=1S/C17H35N3O/c1-5-16(4)13-17(14-18,9-11-21-16)20-10-8-15(12-20)19(6-2)7-3/h15H,5-14,18H2,1-4H3. The first kappa shape index (κ1) is 17.2. The molecular weight excluding hydrogens is 262 g/mol. The third kappa shape index (κ3) is 3.44. The molecule has 2 fully saturated rings. The molecule has 4 heteroatoms. The predicted molar refractivity (Wildman–Crippen MR) is 88.6 cm³/mol. The highest BCUT2D eigenvalue weighted by Gasteiger charge is 2.47. The van der Waals surface area contributed by atoms with Crippen molar-refractivity contribution in [2.24, 2.45) is 5.73 Å². The minimum atomic E-state index is 0.00487. The molecule has 0 spiro atoms. The van der Waals surface area contributed by atoms with Crippen molar-refractivity contribution in [3.05, 3.63) is 0 Å². The van der Waals surface area contributed by atoms with E-state index in [2.05, 4.69) is 37.5 Å². The molecule has 2 heterocycles. The van der Waals surface area contributed by atoms with E-state index < -0.39 is 0 Å². The first-order valence-electron chi connectivity index (χ1n) is 8.85. The number of rotatable bonds is 6. The van der Waals surface area contributed by atoms with Gasteiger partial charge in [-0.3, -0.25) is 9.80 Å². The number of hydrogen-bond donors (Lipinski definition) is 1. The molecule has 3 unspecified atom stereocenters. The number of nitrogens with zero attached hydrogens (tertiary/aromatic N) is 2. The van der Waals surface area contributed by atoms with Crippen LogP contribution in [0.25, 0.3) is 0 Å². The van der Waals surface area contributed by atoms with Crippen LogP contribution in [0.15, 0.2) is 0 Å². The first-order chi connectivity index (χ1) is 10.0. The monoisotopic (exact) mass is 297 g/mol. The van der Waals surface area contributed by atoms with Crippen molar-refractivity contribution in [1.29, 1.82) is 0 Å². The van der Waals surface area contributed by atoms with Gasteiger partial charge in [-0.15, -0.1) is 0 Å². The lowest BCUT2D eigenvalue weighted by atomic mass is 9.78. The molecule has 2 saturated heterocycles. The molecule has 0 bridgehead atoms. The van der Waals surface area contributed by atoms with E-state index in [9.17, 15) is 0 Å². The van der Waals surface area contributed by atoms with Gasteiger partial charge in [-0.1, -0.05) is 20.8 Å².